The summed E-state index contributed by atoms with van der Waals surface area (Å²) < 4.78 is 4.80. The number of aromatic nitrogens is 1. The van der Waals surface area contributed by atoms with Crippen molar-refractivity contribution in [3.05, 3.63) is 34.3 Å². The van der Waals surface area contributed by atoms with Crippen LogP contribution in [0.5, 0.6) is 0 Å². The number of nitriles is 1. The summed E-state index contributed by atoms with van der Waals surface area (Å²) in [6.45, 7) is 0. The molecule has 5 nitrogen and oxygen atoms in total. The zero-order chi connectivity index (χ0) is 10.1. The average Bonchev–Trinajstić information content (AvgIpc) is 2.55. The quantitative estimate of drug-likeness (QED) is 0.688. The zero-order valence-corrected chi connectivity index (χ0v) is 7.15. The standard InChI is InChI=1S/C9H7N3O2/c10-4-6(11)5-1-2-8-7(3-5)12-9(13)14-8/h1-3,6H,11H2,(H,12,13). The first-order valence-electron chi connectivity index (χ1n) is 3.98. The van der Waals surface area contributed by atoms with Crippen molar-refractivity contribution in [2.75, 3.05) is 0 Å². The molecule has 2 rings (SSSR count). The smallest absolute Gasteiger partial charge is 0.408 e. The summed E-state index contributed by atoms with van der Waals surface area (Å²) in [5.41, 5.74) is 7.17. The van der Waals surface area contributed by atoms with E-state index < -0.39 is 11.8 Å². The van der Waals surface area contributed by atoms with Crippen LogP contribution in [0.25, 0.3) is 11.1 Å². The average molecular weight is 189 g/mol. The molecule has 1 aromatic carbocycles. The summed E-state index contributed by atoms with van der Waals surface area (Å²) in [6.07, 6.45) is 0. The van der Waals surface area contributed by atoms with Crippen molar-refractivity contribution in [3.63, 3.8) is 0 Å². The number of aromatic amines is 1. The van der Waals surface area contributed by atoms with E-state index >= 15 is 0 Å². The lowest BCUT2D eigenvalue weighted by Crippen LogP contribution is -2.06. The molecule has 0 radical (unpaired) electrons. The van der Waals surface area contributed by atoms with E-state index in [0.29, 0.717) is 16.7 Å². The van der Waals surface area contributed by atoms with Crippen molar-refractivity contribution in [1.29, 1.82) is 5.26 Å². The monoisotopic (exact) mass is 189 g/mol. The summed E-state index contributed by atoms with van der Waals surface area (Å²) in [4.78, 5) is 13.3. The van der Waals surface area contributed by atoms with Crippen molar-refractivity contribution in [2.45, 2.75) is 6.04 Å². The van der Waals surface area contributed by atoms with E-state index in [0.717, 1.165) is 0 Å². The largest absolute Gasteiger partial charge is 0.417 e. The Balaban J connectivity index is 2.62. The number of benzene rings is 1. The highest BCUT2D eigenvalue weighted by atomic mass is 16.4. The van der Waals surface area contributed by atoms with Gasteiger partial charge in [-0.15, -0.1) is 0 Å². The number of oxazole rings is 1. The molecule has 1 atom stereocenters. The Kier molecular flexibility index (Phi) is 1.84. The molecule has 1 aromatic heterocycles. The SMILES string of the molecule is N#CC(N)c1ccc2oc(=O)[nH]c2c1. The number of nitrogens with one attached hydrogen (secondary N) is 1. The third-order valence-corrected chi connectivity index (χ3v) is 1.94. The lowest BCUT2D eigenvalue weighted by molar-refractivity contribution is 0.555. The van der Waals surface area contributed by atoms with Gasteiger partial charge in [0.2, 0.25) is 0 Å². The van der Waals surface area contributed by atoms with E-state index in [-0.39, 0.29) is 0 Å². The molecule has 70 valence electrons. The first-order valence-corrected chi connectivity index (χ1v) is 3.98. The molecule has 1 unspecified atom stereocenters. The molecule has 0 aliphatic carbocycles. The van der Waals surface area contributed by atoms with E-state index in [4.69, 9.17) is 15.4 Å². The summed E-state index contributed by atoms with van der Waals surface area (Å²) in [7, 11) is 0. The number of hydrogen-bond donors (Lipinski definition) is 2. The molecule has 2 aromatic rings. The number of nitrogens with two attached hydrogens (primary N) is 1. The highest BCUT2D eigenvalue weighted by Crippen LogP contribution is 2.16. The maximum Gasteiger partial charge on any atom is 0.417 e. The molecule has 0 fully saturated rings. The van der Waals surface area contributed by atoms with Gasteiger partial charge in [-0.25, -0.2) is 4.79 Å². The van der Waals surface area contributed by atoms with Gasteiger partial charge in [0.1, 0.15) is 6.04 Å². The van der Waals surface area contributed by atoms with Gasteiger partial charge in [0.25, 0.3) is 0 Å². The topological polar surface area (TPSA) is 95.8 Å². The van der Waals surface area contributed by atoms with Gasteiger partial charge < -0.3 is 10.2 Å². The maximum atomic E-state index is 10.8. The van der Waals surface area contributed by atoms with Gasteiger partial charge in [0, 0.05) is 0 Å². The van der Waals surface area contributed by atoms with Gasteiger partial charge in [-0.1, -0.05) is 6.07 Å². The Morgan fingerprint density at radius 3 is 3.07 bits per heavy atom. The fourth-order valence-electron chi connectivity index (χ4n) is 1.24. The van der Waals surface area contributed by atoms with E-state index in [1.807, 2.05) is 6.07 Å². The minimum atomic E-state index is -0.683. The number of hydrogen-bond acceptors (Lipinski definition) is 4. The highest BCUT2D eigenvalue weighted by molar-refractivity contribution is 5.73. The predicted molar refractivity (Wildman–Crippen MR) is 49.4 cm³/mol. The van der Waals surface area contributed by atoms with Crippen LogP contribution in [0.2, 0.25) is 0 Å². The zero-order valence-electron chi connectivity index (χ0n) is 7.15. The predicted octanol–water partition coefficient (Wildman–Crippen LogP) is 0.644. The van der Waals surface area contributed by atoms with Crippen molar-refractivity contribution in [1.82, 2.24) is 4.98 Å². The van der Waals surface area contributed by atoms with Crippen LogP contribution in [0, 0.1) is 11.3 Å². The molecular weight excluding hydrogens is 182 g/mol. The highest BCUT2D eigenvalue weighted by Gasteiger charge is 2.07. The van der Waals surface area contributed by atoms with Gasteiger partial charge in [-0.05, 0) is 17.7 Å². The molecule has 0 saturated heterocycles. The van der Waals surface area contributed by atoms with Crippen LogP contribution in [0.4, 0.5) is 0 Å². The first kappa shape index (κ1) is 8.53. The molecule has 5 heteroatoms. The van der Waals surface area contributed by atoms with E-state index in [9.17, 15) is 4.79 Å². The second-order valence-electron chi connectivity index (χ2n) is 2.88. The summed E-state index contributed by atoms with van der Waals surface area (Å²) in [5, 5.41) is 8.60. The minimum Gasteiger partial charge on any atom is -0.408 e. The van der Waals surface area contributed by atoms with Crippen LogP contribution in [-0.4, -0.2) is 4.98 Å². The molecule has 1 heterocycles. The number of nitrogens with zero attached hydrogens (tertiary/aromatic N) is 1. The van der Waals surface area contributed by atoms with Crippen LogP contribution in [0.1, 0.15) is 11.6 Å². The minimum absolute atomic E-state index is 0.462. The van der Waals surface area contributed by atoms with E-state index in [1.54, 1.807) is 18.2 Å². The van der Waals surface area contributed by atoms with Crippen LogP contribution in [-0.2, 0) is 0 Å². The van der Waals surface area contributed by atoms with E-state index in [2.05, 4.69) is 4.98 Å². The maximum absolute atomic E-state index is 10.8. The second kappa shape index (κ2) is 3.01. The van der Waals surface area contributed by atoms with Gasteiger partial charge >= 0.3 is 5.76 Å². The fraction of sp³-hybridized carbons (Fsp3) is 0.111. The Morgan fingerprint density at radius 2 is 2.36 bits per heavy atom. The van der Waals surface area contributed by atoms with Crippen LogP contribution in [0.15, 0.2) is 27.4 Å². The molecule has 0 aliphatic heterocycles. The Morgan fingerprint density at radius 1 is 1.57 bits per heavy atom. The van der Waals surface area contributed by atoms with Crippen LogP contribution < -0.4 is 11.5 Å². The molecule has 0 aliphatic rings. The third-order valence-electron chi connectivity index (χ3n) is 1.94. The summed E-state index contributed by atoms with van der Waals surface area (Å²) >= 11 is 0. The molecule has 0 saturated carbocycles. The van der Waals surface area contributed by atoms with E-state index in [1.165, 1.54) is 0 Å². The number of rotatable bonds is 1. The van der Waals surface area contributed by atoms with Crippen LogP contribution >= 0.6 is 0 Å². The third kappa shape index (κ3) is 1.28. The lowest BCUT2D eigenvalue weighted by Gasteiger charge is -2.00. The van der Waals surface area contributed by atoms with Crippen molar-refractivity contribution in [2.24, 2.45) is 5.73 Å². The lowest BCUT2D eigenvalue weighted by atomic mass is 10.1. The van der Waals surface area contributed by atoms with Crippen molar-refractivity contribution >= 4 is 11.1 Å². The van der Waals surface area contributed by atoms with Gasteiger partial charge in [-0.2, -0.15) is 5.26 Å². The number of fused-ring (bicyclic) bond motifs is 1. The second-order valence-corrected chi connectivity index (χ2v) is 2.88. The first-order chi connectivity index (χ1) is 6.70. The normalized spacial score (nSPS) is 12.6. The van der Waals surface area contributed by atoms with Gasteiger partial charge in [0.15, 0.2) is 5.58 Å². The molecular formula is C9H7N3O2. The van der Waals surface area contributed by atoms with Gasteiger partial charge in [-0.3, -0.25) is 4.98 Å². The van der Waals surface area contributed by atoms with Crippen molar-refractivity contribution in [3.8, 4) is 6.07 Å². The Hall–Kier alpha value is -2.06. The fourth-order valence-corrected chi connectivity index (χ4v) is 1.24. The van der Waals surface area contributed by atoms with Crippen LogP contribution in [0.3, 0.4) is 0 Å². The molecule has 0 spiro atoms. The molecule has 0 bridgehead atoms. The summed E-state index contributed by atoms with van der Waals surface area (Å²) in [5.74, 6) is -0.511. The number of H-pyrrole nitrogens is 1. The summed E-state index contributed by atoms with van der Waals surface area (Å²) in [6, 6.07) is 6.13. The van der Waals surface area contributed by atoms with Crippen molar-refractivity contribution < 1.29 is 4.42 Å². The Bertz CT molecular complexity index is 561. The molecule has 0 amide bonds. The van der Waals surface area contributed by atoms with Gasteiger partial charge in [0.05, 0.1) is 11.6 Å². The Labute approximate surface area is 78.8 Å². The molecule has 3 N–H and O–H groups in total. The molecule has 14 heavy (non-hydrogen) atoms.